The van der Waals surface area contributed by atoms with Crippen molar-refractivity contribution in [3.05, 3.63) is 169 Å². The van der Waals surface area contributed by atoms with E-state index in [1.165, 1.54) is 77.0 Å². The topological polar surface area (TPSA) is 12.5 Å². The van der Waals surface area contributed by atoms with Crippen LogP contribution in [0.5, 0.6) is 11.5 Å². The van der Waals surface area contributed by atoms with Gasteiger partial charge in [0, 0.05) is 17.1 Å². The smallest absolute Gasteiger partial charge is 0.256 e. The normalized spacial score (nSPS) is 12.8. The molecular weight excluding hydrogens is 593 g/mol. The summed E-state index contributed by atoms with van der Waals surface area (Å²) in [5.74, 6) is 1.86. The number of benzene rings is 8. The number of hydrogen-bond donors (Lipinski definition) is 0. The number of fused-ring (bicyclic) bond motifs is 6. The molecule has 0 fully saturated rings. The first-order valence-corrected chi connectivity index (χ1v) is 17.0. The first-order chi connectivity index (χ1) is 24.1. The number of hydrogen-bond acceptors (Lipinski definition) is 2. The van der Waals surface area contributed by atoms with E-state index in [9.17, 15) is 0 Å². The molecule has 0 unspecified atom stereocenters. The summed E-state index contributed by atoms with van der Waals surface area (Å²) in [6, 6.07) is 57.6. The van der Waals surface area contributed by atoms with Crippen LogP contribution in [-0.4, -0.2) is 6.71 Å². The minimum atomic E-state index is 0.0614. The maximum atomic E-state index is 6.64. The fourth-order valence-electron chi connectivity index (χ4n) is 8.40. The Hall–Kier alpha value is -6.06. The Morgan fingerprint density at radius 2 is 1.10 bits per heavy atom. The van der Waals surface area contributed by atoms with Gasteiger partial charge >= 0.3 is 0 Å². The third-order valence-electron chi connectivity index (χ3n) is 10.4. The molecule has 0 atom stereocenters. The first-order valence-electron chi connectivity index (χ1n) is 17.0. The van der Waals surface area contributed by atoms with Crippen molar-refractivity contribution in [1.82, 2.24) is 0 Å². The predicted molar refractivity (Wildman–Crippen MR) is 208 cm³/mol. The molecule has 2 aliphatic heterocycles. The van der Waals surface area contributed by atoms with Crippen molar-refractivity contribution in [2.75, 3.05) is 4.90 Å². The summed E-state index contributed by atoms with van der Waals surface area (Å²) in [6.45, 7) is 4.56. The number of nitrogens with zero attached hydrogens (tertiary/aromatic N) is 1. The predicted octanol–water partition coefficient (Wildman–Crippen LogP) is 10.3. The van der Waals surface area contributed by atoms with Gasteiger partial charge in [0.2, 0.25) is 0 Å². The first kappa shape index (κ1) is 28.0. The van der Waals surface area contributed by atoms with Crippen molar-refractivity contribution < 1.29 is 4.74 Å². The Morgan fingerprint density at radius 1 is 0.490 bits per heavy atom. The monoisotopic (exact) mass is 625 g/mol. The van der Waals surface area contributed by atoms with Crippen molar-refractivity contribution in [3.63, 3.8) is 0 Å². The van der Waals surface area contributed by atoms with E-state index in [1.54, 1.807) is 0 Å². The van der Waals surface area contributed by atoms with Crippen molar-refractivity contribution in [1.29, 1.82) is 0 Å². The van der Waals surface area contributed by atoms with Gasteiger partial charge in [-0.25, -0.2) is 0 Å². The van der Waals surface area contributed by atoms with Gasteiger partial charge in [-0.3, -0.25) is 0 Å². The molecule has 230 valence electrons. The second kappa shape index (κ2) is 10.7. The highest BCUT2D eigenvalue weighted by Crippen LogP contribution is 2.44. The van der Waals surface area contributed by atoms with E-state index in [4.69, 9.17) is 4.74 Å². The van der Waals surface area contributed by atoms with Crippen LogP contribution >= 0.6 is 0 Å². The van der Waals surface area contributed by atoms with Gasteiger partial charge in [0.05, 0.1) is 0 Å². The Morgan fingerprint density at radius 3 is 1.86 bits per heavy atom. The highest BCUT2D eigenvalue weighted by molar-refractivity contribution is 6.99. The number of anilines is 3. The molecule has 0 N–H and O–H groups in total. The minimum absolute atomic E-state index is 0.0614. The zero-order valence-electron chi connectivity index (χ0n) is 27.4. The second-order valence-electron chi connectivity index (χ2n) is 13.4. The SMILES string of the molecule is Cc1cc(-c2cccc3ccccc23)cc(N2c3cc(-c4cccc5ccccc45)cc(C)c3B3c4ccccc4Oc4cccc2c43)c1. The second-order valence-corrected chi connectivity index (χ2v) is 13.4. The zero-order valence-corrected chi connectivity index (χ0v) is 27.4. The van der Waals surface area contributed by atoms with Crippen LogP contribution < -0.4 is 26.0 Å². The van der Waals surface area contributed by atoms with Crippen LogP contribution in [0.2, 0.25) is 0 Å². The van der Waals surface area contributed by atoms with Crippen molar-refractivity contribution in [2.24, 2.45) is 0 Å². The Labute approximate surface area is 286 Å². The molecule has 0 spiro atoms. The zero-order chi connectivity index (χ0) is 32.6. The molecular formula is C46H32BNO. The molecule has 49 heavy (non-hydrogen) atoms. The van der Waals surface area contributed by atoms with Gasteiger partial charge in [-0.1, -0.05) is 127 Å². The van der Waals surface area contributed by atoms with Crippen LogP contribution in [0.1, 0.15) is 11.1 Å². The lowest BCUT2D eigenvalue weighted by Crippen LogP contribution is -2.60. The third-order valence-corrected chi connectivity index (χ3v) is 10.4. The standard InChI is InChI=1S/C46H32BNO/c1-29-24-33(38-18-9-14-31-12-3-5-16-36(31)38)27-35(25-29)48-41-21-11-23-44-46(41)47(40-20-7-8-22-43(40)49-44)45-30(2)26-34(28-42(45)48)39-19-10-15-32-13-4-6-17-37(32)39/h3-28H,1-2H3. The molecule has 0 aliphatic carbocycles. The maximum absolute atomic E-state index is 6.64. The molecule has 0 saturated carbocycles. The van der Waals surface area contributed by atoms with Gasteiger partial charge < -0.3 is 9.64 Å². The van der Waals surface area contributed by atoms with E-state index in [1.807, 2.05) is 0 Å². The average Bonchev–Trinajstić information content (AvgIpc) is 3.14. The quantitative estimate of drug-likeness (QED) is 0.181. The lowest BCUT2D eigenvalue weighted by Gasteiger charge is -2.41. The molecule has 0 aromatic heterocycles. The van der Waals surface area contributed by atoms with Crippen molar-refractivity contribution in [3.8, 4) is 33.8 Å². The molecule has 0 saturated heterocycles. The minimum Gasteiger partial charge on any atom is -0.458 e. The summed E-state index contributed by atoms with van der Waals surface area (Å²) in [5, 5.41) is 5.02. The average molecular weight is 626 g/mol. The molecule has 8 aromatic rings. The highest BCUT2D eigenvalue weighted by Gasteiger charge is 2.42. The van der Waals surface area contributed by atoms with Crippen LogP contribution in [0, 0.1) is 13.8 Å². The van der Waals surface area contributed by atoms with E-state index in [-0.39, 0.29) is 6.71 Å². The van der Waals surface area contributed by atoms with E-state index in [0.29, 0.717) is 0 Å². The van der Waals surface area contributed by atoms with Crippen LogP contribution in [0.25, 0.3) is 43.8 Å². The fraction of sp³-hybridized carbons (Fsp3) is 0.0435. The van der Waals surface area contributed by atoms with Crippen LogP contribution in [0.3, 0.4) is 0 Å². The van der Waals surface area contributed by atoms with Gasteiger partial charge in [0.15, 0.2) is 0 Å². The Balaban J connectivity index is 1.27. The van der Waals surface area contributed by atoms with E-state index in [0.717, 1.165) is 22.9 Å². The van der Waals surface area contributed by atoms with Crippen molar-refractivity contribution in [2.45, 2.75) is 13.8 Å². The summed E-state index contributed by atoms with van der Waals surface area (Å²) in [6.07, 6.45) is 0. The highest BCUT2D eigenvalue weighted by atomic mass is 16.5. The molecule has 0 radical (unpaired) electrons. The maximum Gasteiger partial charge on any atom is 0.256 e. The number of ether oxygens (including phenoxy) is 1. The van der Waals surface area contributed by atoms with Crippen LogP contribution in [0.4, 0.5) is 17.1 Å². The fourth-order valence-corrected chi connectivity index (χ4v) is 8.40. The molecule has 10 rings (SSSR count). The number of aryl methyl sites for hydroxylation is 2. The summed E-state index contributed by atoms with van der Waals surface area (Å²) in [4.78, 5) is 2.49. The number of rotatable bonds is 3. The van der Waals surface area contributed by atoms with E-state index < -0.39 is 0 Å². The molecule has 2 heterocycles. The number of para-hydroxylation sites is 1. The molecule has 2 aliphatic rings. The van der Waals surface area contributed by atoms with Crippen LogP contribution in [-0.2, 0) is 0 Å². The van der Waals surface area contributed by atoms with Gasteiger partial charge in [0.1, 0.15) is 11.5 Å². The molecule has 8 aromatic carbocycles. The Bertz CT molecular complexity index is 2630. The molecule has 0 bridgehead atoms. The largest absolute Gasteiger partial charge is 0.458 e. The van der Waals surface area contributed by atoms with E-state index in [2.05, 4.69) is 176 Å². The molecule has 0 amide bonds. The third kappa shape index (κ3) is 4.29. The lowest BCUT2D eigenvalue weighted by molar-refractivity contribution is 0.487. The molecule has 2 nitrogen and oxygen atoms in total. The van der Waals surface area contributed by atoms with Gasteiger partial charge in [-0.05, 0) is 116 Å². The van der Waals surface area contributed by atoms with E-state index >= 15 is 0 Å². The van der Waals surface area contributed by atoms with Gasteiger partial charge in [-0.15, -0.1) is 0 Å². The van der Waals surface area contributed by atoms with Gasteiger partial charge in [-0.2, -0.15) is 0 Å². The Kier molecular flexibility index (Phi) is 6.13. The van der Waals surface area contributed by atoms with Crippen molar-refractivity contribution >= 4 is 61.7 Å². The molecule has 3 heteroatoms. The van der Waals surface area contributed by atoms with Crippen LogP contribution in [0.15, 0.2) is 158 Å². The summed E-state index contributed by atoms with van der Waals surface area (Å²) < 4.78 is 6.64. The summed E-state index contributed by atoms with van der Waals surface area (Å²) in [5.41, 5.74) is 14.7. The lowest BCUT2D eigenvalue weighted by atomic mass is 9.33. The summed E-state index contributed by atoms with van der Waals surface area (Å²) in [7, 11) is 0. The van der Waals surface area contributed by atoms with Gasteiger partial charge in [0.25, 0.3) is 6.71 Å². The summed E-state index contributed by atoms with van der Waals surface area (Å²) >= 11 is 0.